The van der Waals surface area contributed by atoms with Gasteiger partial charge >= 0.3 is 5.97 Å². The van der Waals surface area contributed by atoms with Crippen LogP contribution in [0.25, 0.3) is 21.9 Å². The summed E-state index contributed by atoms with van der Waals surface area (Å²) in [5.74, 6) is 0.264. The van der Waals surface area contributed by atoms with Crippen LogP contribution in [0.5, 0.6) is 5.75 Å². The number of hydrogen-bond donors (Lipinski definition) is 0. The molecular weight excluding hydrogens is 288 g/mol. The fourth-order valence-corrected chi connectivity index (χ4v) is 2.63. The molecule has 0 aromatic heterocycles. The minimum absolute atomic E-state index is 0.389. The largest absolute Gasteiger partial charge is 0.479 e. The van der Waals surface area contributed by atoms with Crippen molar-refractivity contribution in [2.75, 3.05) is 7.11 Å². The molecule has 0 saturated carbocycles. The predicted octanol–water partition coefficient (Wildman–Crippen LogP) is 4.45. The number of hydrogen-bond acceptors (Lipinski definition) is 3. The first-order valence-corrected chi connectivity index (χ1v) is 7.52. The molecule has 0 saturated heterocycles. The van der Waals surface area contributed by atoms with Crippen molar-refractivity contribution >= 4 is 16.7 Å². The van der Waals surface area contributed by atoms with E-state index in [2.05, 4.69) is 18.2 Å². The molecule has 3 rings (SSSR count). The van der Waals surface area contributed by atoms with Crippen LogP contribution in [-0.2, 0) is 9.53 Å². The van der Waals surface area contributed by atoms with Crippen molar-refractivity contribution in [3.05, 3.63) is 66.7 Å². The van der Waals surface area contributed by atoms with E-state index in [1.54, 1.807) is 6.92 Å². The number of ether oxygens (including phenoxy) is 2. The first-order valence-electron chi connectivity index (χ1n) is 7.52. The van der Waals surface area contributed by atoms with Crippen molar-refractivity contribution in [1.82, 2.24) is 0 Å². The van der Waals surface area contributed by atoms with Crippen molar-refractivity contribution in [1.29, 1.82) is 0 Å². The van der Waals surface area contributed by atoms with Gasteiger partial charge in [-0.2, -0.15) is 0 Å². The molecule has 0 fully saturated rings. The summed E-state index contributed by atoms with van der Waals surface area (Å²) in [5, 5.41) is 2.22. The zero-order chi connectivity index (χ0) is 16.2. The SMILES string of the molecule is COC(=O)C(C)Oc1cc(-c2ccccc2)c2ccccc2c1. The van der Waals surface area contributed by atoms with Gasteiger partial charge in [0.15, 0.2) is 6.10 Å². The molecule has 1 unspecified atom stereocenters. The molecule has 3 nitrogen and oxygen atoms in total. The fourth-order valence-electron chi connectivity index (χ4n) is 2.63. The molecule has 0 radical (unpaired) electrons. The van der Waals surface area contributed by atoms with E-state index in [1.807, 2.05) is 48.5 Å². The molecule has 0 heterocycles. The first kappa shape index (κ1) is 15.1. The molecule has 1 atom stereocenters. The Balaban J connectivity index is 2.09. The standard InChI is InChI=1S/C20H18O3/c1-14(20(21)22-2)23-17-12-16-10-6-7-11-18(16)19(13-17)15-8-4-3-5-9-15/h3-14H,1-2H3. The first-order chi connectivity index (χ1) is 11.2. The molecule has 3 heteroatoms. The van der Waals surface area contributed by atoms with E-state index in [0.29, 0.717) is 5.75 Å². The zero-order valence-electron chi connectivity index (χ0n) is 13.2. The molecule has 0 aliphatic rings. The Morgan fingerprint density at radius 1 is 0.957 bits per heavy atom. The van der Waals surface area contributed by atoms with E-state index < -0.39 is 6.10 Å². The molecule has 23 heavy (non-hydrogen) atoms. The Morgan fingerprint density at radius 3 is 2.39 bits per heavy atom. The van der Waals surface area contributed by atoms with Gasteiger partial charge in [-0.3, -0.25) is 0 Å². The topological polar surface area (TPSA) is 35.5 Å². The average molecular weight is 306 g/mol. The van der Waals surface area contributed by atoms with Gasteiger partial charge in [-0.15, -0.1) is 0 Å². The van der Waals surface area contributed by atoms with Crippen LogP contribution in [0.3, 0.4) is 0 Å². The summed E-state index contributed by atoms with van der Waals surface area (Å²) in [6.45, 7) is 1.68. The normalized spacial score (nSPS) is 11.9. The van der Waals surface area contributed by atoms with Crippen LogP contribution in [0.15, 0.2) is 66.7 Å². The van der Waals surface area contributed by atoms with Crippen molar-refractivity contribution in [2.24, 2.45) is 0 Å². The summed E-state index contributed by atoms with van der Waals surface area (Å²) in [7, 11) is 1.36. The highest BCUT2D eigenvalue weighted by atomic mass is 16.6. The van der Waals surface area contributed by atoms with Gasteiger partial charge in [0, 0.05) is 0 Å². The van der Waals surface area contributed by atoms with Crippen LogP contribution in [-0.4, -0.2) is 19.2 Å². The summed E-state index contributed by atoms with van der Waals surface area (Å²) in [6.07, 6.45) is -0.648. The van der Waals surface area contributed by atoms with Crippen LogP contribution in [0.1, 0.15) is 6.92 Å². The number of rotatable bonds is 4. The maximum Gasteiger partial charge on any atom is 0.346 e. The summed E-state index contributed by atoms with van der Waals surface area (Å²) in [4.78, 5) is 11.6. The summed E-state index contributed by atoms with van der Waals surface area (Å²) < 4.78 is 10.5. The Hall–Kier alpha value is -2.81. The molecule has 0 aliphatic heterocycles. The van der Waals surface area contributed by atoms with Gasteiger partial charge in [-0.05, 0) is 41.0 Å². The molecular formula is C20H18O3. The lowest BCUT2D eigenvalue weighted by Gasteiger charge is -2.15. The van der Waals surface area contributed by atoms with E-state index >= 15 is 0 Å². The van der Waals surface area contributed by atoms with E-state index in [-0.39, 0.29) is 5.97 Å². The van der Waals surface area contributed by atoms with E-state index in [4.69, 9.17) is 9.47 Å². The summed E-state index contributed by atoms with van der Waals surface area (Å²) in [6, 6.07) is 22.2. The monoisotopic (exact) mass is 306 g/mol. The van der Waals surface area contributed by atoms with Crippen LogP contribution in [0.2, 0.25) is 0 Å². The molecule has 116 valence electrons. The number of esters is 1. The predicted molar refractivity (Wildman–Crippen MR) is 91.5 cm³/mol. The number of carbonyl (C=O) groups excluding carboxylic acids is 1. The molecule has 0 aliphatic carbocycles. The molecule has 3 aromatic rings. The van der Waals surface area contributed by atoms with Gasteiger partial charge in [-0.25, -0.2) is 4.79 Å². The minimum atomic E-state index is -0.648. The third kappa shape index (κ3) is 3.19. The number of carbonyl (C=O) groups is 1. The highest BCUT2D eigenvalue weighted by molar-refractivity contribution is 5.98. The summed E-state index contributed by atoms with van der Waals surface area (Å²) >= 11 is 0. The maximum absolute atomic E-state index is 11.6. The summed E-state index contributed by atoms with van der Waals surface area (Å²) in [5.41, 5.74) is 2.19. The van der Waals surface area contributed by atoms with E-state index in [9.17, 15) is 4.79 Å². The molecule has 0 spiro atoms. The smallest absolute Gasteiger partial charge is 0.346 e. The molecule has 3 aromatic carbocycles. The van der Waals surface area contributed by atoms with Gasteiger partial charge in [0.2, 0.25) is 0 Å². The van der Waals surface area contributed by atoms with Gasteiger partial charge < -0.3 is 9.47 Å². The Labute approximate surface area is 135 Å². The Bertz CT molecular complexity index is 825. The van der Waals surface area contributed by atoms with Crippen molar-refractivity contribution < 1.29 is 14.3 Å². The van der Waals surface area contributed by atoms with Crippen molar-refractivity contribution in [2.45, 2.75) is 13.0 Å². The quantitative estimate of drug-likeness (QED) is 0.668. The van der Waals surface area contributed by atoms with Crippen LogP contribution >= 0.6 is 0 Å². The lowest BCUT2D eigenvalue weighted by atomic mass is 9.98. The van der Waals surface area contributed by atoms with E-state index in [0.717, 1.165) is 21.9 Å². The molecule has 0 bridgehead atoms. The second-order valence-corrected chi connectivity index (χ2v) is 5.34. The zero-order valence-corrected chi connectivity index (χ0v) is 13.2. The second-order valence-electron chi connectivity index (χ2n) is 5.34. The van der Waals surface area contributed by atoms with Gasteiger partial charge in [0.1, 0.15) is 5.75 Å². The molecule has 0 amide bonds. The van der Waals surface area contributed by atoms with Gasteiger partial charge in [0.05, 0.1) is 7.11 Å². The maximum atomic E-state index is 11.6. The third-order valence-corrected chi connectivity index (χ3v) is 3.77. The third-order valence-electron chi connectivity index (χ3n) is 3.77. The highest BCUT2D eigenvalue weighted by Crippen LogP contribution is 2.33. The lowest BCUT2D eigenvalue weighted by Crippen LogP contribution is -2.24. The number of methoxy groups -OCH3 is 1. The average Bonchev–Trinajstić information content (AvgIpc) is 2.61. The van der Waals surface area contributed by atoms with Crippen molar-refractivity contribution in [3.63, 3.8) is 0 Å². The van der Waals surface area contributed by atoms with Crippen LogP contribution < -0.4 is 4.74 Å². The Morgan fingerprint density at radius 2 is 1.65 bits per heavy atom. The molecule has 0 N–H and O–H groups in total. The fraction of sp³-hybridized carbons (Fsp3) is 0.150. The van der Waals surface area contributed by atoms with Crippen LogP contribution in [0.4, 0.5) is 0 Å². The van der Waals surface area contributed by atoms with Crippen LogP contribution in [0, 0.1) is 0 Å². The highest BCUT2D eigenvalue weighted by Gasteiger charge is 2.16. The number of fused-ring (bicyclic) bond motifs is 1. The second kappa shape index (κ2) is 6.53. The Kier molecular flexibility index (Phi) is 4.29. The number of benzene rings is 3. The minimum Gasteiger partial charge on any atom is -0.479 e. The van der Waals surface area contributed by atoms with E-state index in [1.165, 1.54) is 7.11 Å². The lowest BCUT2D eigenvalue weighted by molar-refractivity contribution is -0.147. The van der Waals surface area contributed by atoms with Crippen molar-refractivity contribution in [3.8, 4) is 16.9 Å². The van der Waals surface area contributed by atoms with Gasteiger partial charge in [0.25, 0.3) is 0 Å². The van der Waals surface area contributed by atoms with Gasteiger partial charge in [-0.1, -0.05) is 54.6 Å².